The van der Waals surface area contributed by atoms with Crippen molar-refractivity contribution in [1.29, 1.82) is 0 Å². The van der Waals surface area contributed by atoms with Crippen LogP contribution in [0.3, 0.4) is 0 Å². The maximum Gasteiger partial charge on any atom is 0.346 e. The van der Waals surface area contributed by atoms with E-state index in [1.807, 2.05) is 0 Å². The normalized spacial score (nSPS) is 12.2. The van der Waals surface area contributed by atoms with Gasteiger partial charge in [-0.3, -0.25) is 9.55 Å². The Bertz CT molecular complexity index is 864. The van der Waals surface area contributed by atoms with Crippen molar-refractivity contribution in [3.63, 3.8) is 0 Å². The SMILES string of the molecule is O=P(O)(O)C(c1ccc(F)cc1)(c1ccc(F)cc1)c1ccccn1. The van der Waals surface area contributed by atoms with E-state index < -0.39 is 24.4 Å². The van der Waals surface area contributed by atoms with Crippen molar-refractivity contribution < 1.29 is 23.1 Å². The van der Waals surface area contributed by atoms with Gasteiger partial charge in [-0.1, -0.05) is 30.3 Å². The summed E-state index contributed by atoms with van der Waals surface area (Å²) in [6.45, 7) is 0. The van der Waals surface area contributed by atoms with Crippen molar-refractivity contribution in [2.45, 2.75) is 5.16 Å². The van der Waals surface area contributed by atoms with Gasteiger partial charge in [-0.2, -0.15) is 0 Å². The van der Waals surface area contributed by atoms with Gasteiger partial charge in [-0.05, 0) is 47.5 Å². The molecule has 3 rings (SSSR count). The second kappa shape index (κ2) is 6.48. The molecule has 0 saturated carbocycles. The Morgan fingerprint density at radius 3 is 1.64 bits per heavy atom. The zero-order chi connectivity index (χ0) is 18.1. The van der Waals surface area contributed by atoms with Crippen LogP contribution < -0.4 is 0 Å². The first-order valence-corrected chi connectivity index (χ1v) is 8.96. The van der Waals surface area contributed by atoms with Crippen molar-refractivity contribution in [2.24, 2.45) is 0 Å². The molecule has 4 nitrogen and oxygen atoms in total. The molecule has 0 aliphatic rings. The Kier molecular flexibility index (Phi) is 4.52. The van der Waals surface area contributed by atoms with Crippen LogP contribution in [0.1, 0.15) is 16.8 Å². The van der Waals surface area contributed by atoms with Gasteiger partial charge >= 0.3 is 7.60 Å². The highest BCUT2D eigenvalue weighted by molar-refractivity contribution is 7.53. The fourth-order valence-electron chi connectivity index (χ4n) is 2.91. The molecule has 3 aromatic rings. The lowest BCUT2D eigenvalue weighted by atomic mass is 9.87. The van der Waals surface area contributed by atoms with Gasteiger partial charge in [0.1, 0.15) is 11.6 Å². The Balaban J connectivity index is 2.42. The predicted molar refractivity (Wildman–Crippen MR) is 89.0 cm³/mol. The van der Waals surface area contributed by atoms with E-state index in [0.29, 0.717) is 0 Å². The van der Waals surface area contributed by atoms with Gasteiger partial charge in [-0.15, -0.1) is 0 Å². The van der Waals surface area contributed by atoms with Crippen LogP contribution in [0.2, 0.25) is 0 Å². The molecule has 2 aromatic carbocycles. The predicted octanol–water partition coefficient (Wildman–Crippen LogP) is 3.83. The lowest BCUT2D eigenvalue weighted by Crippen LogP contribution is -2.30. The molecule has 0 aliphatic heterocycles. The van der Waals surface area contributed by atoms with E-state index in [-0.39, 0.29) is 16.8 Å². The molecule has 0 aliphatic carbocycles. The van der Waals surface area contributed by atoms with Crippen LogP contribution in [-0.4, -0.2) is 14.8 Å². The number of halogens is 2. The molecule has 128 valence electrons. The number of aromatic nitrogens is 1. The third-order valence-electron chi connectivity index (χ3n) is 4.00. The average Bonchev–Trinajstić information content (AvgIpc) is 2.58. The van der Waals surface area contributed by atoms with Gasteiger partial charge < -0.3 is 9.79 Å². The molecular formula is C18H14F2NO3P. The van der Waals surface area contributed by atoms with Crippen molar-refractivity contribution in [3.8, 4) is 0 Å². The van der Waals surface area contributed by atoms with Crippen LogP contribution in [0.15, 0.2) is 72.9 Å². The topological polar surface area (TPSA) is 70.4 Å². The summed E-state index contributed by atoms with van der Waals surface area (Å²) in [6, 6.07) is 14.4. The second-order valence-corrected chi connectivity index (χ2v) is 7.24. The third-order valence-corrected chi connectivity index (χ3v) is 5.62. The summed E-state index contributed by atoms with van der Waals surface area (Å²) in [4.78, 5) is 24.8. The van der Waals surface area contributed by atoms with E-state index in [4.69, 9.17) is 0 Å². The highest BCUT2D eigenvalue weighted by Gasteiger charge is 2.52. The molecular weight excluding hydrogens is 347 g/mol. The molecule has 0 amide bonds. The van der Waals surface area contributed by atoms with Gasteiger partial charge in [0.25, 0.3) is 0 Å². The first kappa shape index (κ1) is 17.4. The van der Waals surface area contributed by atoms with Gasteiger partial charge in [0.15, 0.2) is 5.16 Å². The highest BCUT2D eigenvalue weighted by atomic mass is 31.2. The van der Waals surface area contributed by atoms with Crippen molar-refractivity contribution in [3.05, 3.63) is 101 Å². The van der Waals surface area contributed by atoms with E-state index in [1.165, 1.54) is 36.5 Å². The Morgan fingerprint density at radius 2 is 1.28 bits per heavy atom. The number of hydrogen-bond acceptors (Lipinski definition) is 2. The molecule has 25 heavy (non-hydrogen) atoms. The number of benzene rings is 2. The largest absolute Gasteiger partial charge is 0.346 e. The molecule has 0 atom stereocenters. The van der Waals surface area contributed by atoms with Gasteiger partial charge in [0.05, 0.1) is 5.69 Å². The summed E-state index contributed by atoms with van der Waals surface area (Å²) in [7, 11) is -4.91. The number of pyridine rings is 1. The fourth-order valence-corrected chi connectivity index (χ4v) is 4.31. The van der Waals surface area contributed by atoms with Gasteiger partial charge in [0.2, 0.25) is 0 Å². The van der Waals surface area contributed by atoms with E-state index in [1.54, 1.807) is 12.1 Å². The quantitative estimate of drug-likeness (QED) is 0.693. The van der Waals surface area contributed by atoms with Crippen LogP contribution in [-0.2, 0) is 9.72 Å². The number of hydrogen-bond donors (Lipinski definition) is 2. The van der Waals surface area contributed by atoms with Crippen molar-refractivity contribution >= 4 is 7.60 Å². The van der Waals surface area contributed by atoms with Crippen molar-refractivity contribution in [2.75, 3.05) is 0 Å². The summed E-state index contributed by atoms with van der Waals surface area (Å²) in [5.74, 6) is -1.08. The lowest BCUT2D eigenvalue weighted by molar-refractivity contribution is 0.348. The maximum absolute atomic E-state index is 13.4. The average molecular weight is 361 g/mol. The first-order valence-electron chi connectivity index (χ1n) is 7.35. The highest BCUT2D eigenvalue weighted by Crippen LogP contribution is 2.63. The van der Waals surface area contributed by atoms with Gasteiger partial charge in [0, 0.05) is 6.20 Å². The van der Waals surface area contributed by atoms with Crippen LogP contribution in [0.4, 0.5) is 8.78 Å². The van der Waals surface area contributed by atoms with E-state index >= 15 is 0 Å². The molecule has 1 heterocycles. The molecule has 0 bridgehead atoms. The minimum atomic E-state index is -4.91. The lowest BCUT2D eigenvalue weighted by Gasteiger charge is -2.35. The zero-order valence-electron chi connectivity index (χ0n) is 12.9. The van der Waals surface area contributed by atoms with Gasteiger partial charge in [-0.25, -0.2) is 8.78 Å². The smallest absolute Gasteiger partial charge is 0.323 e. The summed E-state index contributed by atoms with van der Waals surface area (Å²) >= 11 is 0. The van der Waals surface area contributed by atoms with E-state index in [0.717, 1.165) is 24.3 Å². The zero-order valence-corrected chi connectivity index (χ0v) is 13.8. The maximum atomic E-state index is 13.4. The fraction of sp³-hybridized carbons (Fsp3) is 0.0556. The van der Waals surface area contributed by atoms with Crippen molar-refractivity contribution in [1.82, 2.24) is 4.98 Å². The van der Waals surface area contributed by atoms with Crippen LogP contribution in [0.25, 0.3) is 0 Å². The minimum Gasteiger partial charge on any atom is -0.323 e. The standard InChI is InChI=1S/C18H14F2NO3P/c19-15-8-4-13(5-9-15)18(25(22,23)24,17-3-1-2-12-21-17)14-6-10-16(20)11-7-14/h1-12H,(H2,22,23,24). The summed E-state index contributed by atoms with van der Waals surface area (Å²) < 4.78 is 39.4. The summed E-state index contributed by atoms with van der Waals surface area (Å²) in [5.41, 5.74) is 0.404. The molecule has 0 saturated heterocycles. The minimum absolute atomic E-state index is 0.0848. The third kappa shape index (κ3) is 3.00. The van der Waals surface area contributed by atoms with E-state index in [2.05, 4.69) is 4.98 Å². The first-order chi connectivity index (χ1) is 11.9. The summed E-state index contributed by atoms with van der Waals surface area (Å²) in [6.07, 6.45) is 1.41. The molecule has 7 heteroatoms. The monoisotopic (exact) mass is 361 g/mol. The Labute approximate surface area is 143 Å². The number of nitrogens with zero attached hydrogens (tertiary/aromatic N) is 1. The Morgan fingerprint density at radius 1 is 0.800 bits per heavy atom. The van der Waals surface area contributed by atoms with E-state index in [9.17, 15) is 23.1 Å². The number of rotatable bonds is 4. The molecule has 0 fully saturated rings. The second-order valence-electron chi connectivity index (χ2n) is 5.48. The molecule has 2 N–H and O–H groups in total. The van der Waals surface area contributed by atoms with Crippen LogP contribution in [0, 0.1) is 11.6 Å². The Hall–Kier alpha value is -2.40. The molecule has 0 unspecified atom stereocenters. The summed E-state index contributed by atoms with van der Waals surface area (Å²) in [5, 5.41) is -1.98. The van der Waals surface area contributed by atoms with Crippen LogP contribution in [0.5, 0.6) is 0 Å². The molecule has 0 radical (unpaired) electrons. The molecule has 1 aromatic heterocycles. The molecule has 0 spiro atoms. The van der Waals surface area contributed by atoms with Crippen LogP contribution >= 0.6 is 7.60 Å².